The lowest BCUT2D eigenvalue weighted by Gasteiger charge is -2.44. The molecule has 282 valence electrons. The fraction of sp³-hybridized carbons (Fsp3) is 0.667. The van der Waals surface area contributed by atoms with E-state index in [1.807, 2.05) is 0 Å². The van der Waals surface area contributed by atoms with Crippen molar-refractivity contribution in [3.05, 3.63) is 0 Å². The Labute approximate surface area is 270 Å². The Bertz CT molecular complexity index is 1130. The molecular weight excluding hydrogens is 700 g/mol. The van der Waals surface area contributed by atoms with Crippen molar-refractivity contribution in [3.8, 4) is 0 Å². The lowest BCUT2D eigenvalue weighted by atomic mass is 9.95. The van der Waals surface area contributed by atoms with Crippen LogP contribution in [0.4, 0.5) is 26.3 Å². The fourth-order valence-corrected chi connectivity index (χ4v) is 4.28. The summed E-state index contributed by atoms with van der Waals surface area (Å²) in [6.45, 7) is -0.545. The Balaban J connectivity index is 0. The van der Waals surface area contributed by atoms with Crippen molar-refractivity contribution in [3.63, 3.8) is 0 Å². The molecule has 1 fully saturated rings. The first-order valence-electron chi connectivity index (χ1n) is 13.2. The van der Waals surface area contributed by atoms with Crippen molar-refractivity contribution >= 4 is 47.8 Å². The van der Waals surface area contributed by atoms with Crippen molar-refractivity contribution < 1.29 is 106 Å². The molecule has 1 aliphatic rings. The molecule has 1 heterocycles. The van der Waals surface area contributed by atoms with Crippen molar-refractivity contribution in [2.75, 3.05) is 39.3 Å². The second-order valence-electron chi connectivity index (χ2n) is 10.3. The van der Waals surface area contributed by atoms with Crippen LogP contribution in [0.5, 0.6) is 0 Å². The predicted octanol–water partition coefficient (Wildman–Crippen LogP) is -0.263. The molecular formula is C24H33F6N3O16. The predicted molar refractivity (Wildman–Crippen MR) is 142 cm³/mol. The summed E-state index contributed by atoms with van der Waals surface area (Å²) in [6, 6.07) is -2.63. The van der Waals surface area contributed by atoms with E-state index in [-0.39, 0.29) is 39.0 Å². The number of hydrogen-bond donors (Lipinski definition) is 8. The molecule has 2 atom stereocenters. The Morgan fingerprint density at radius 2 is 0.857 bits per heavy atom. The molecule has 19 nitrogen and oxygen atoms in total. The number of hydrogen-bond acceptors (Lipinski definition) is 11. The van der Waals surface area contributed by atoms with E-state index in [0.29, 0.717) is 0 Å². The third-order valence-corrected chi connectivity index (χ3v) is 6.38. The third-order valence-electron chi connectivity index (χ3n) is 6.38. The molecule has 1 saturated heterocycles. The number of nitrogens with zero attached hydrogens (tertiary/aromatic N) is 3. The number of aliphatic carboxylic acids is 8. The zero-order chi connectivity index (χ0) is 39.1. The highest BCUT2D eigenvalue weighted by Gasteiger charge is 2.45. The molecule has 1 aliphatic heterocycles. The number of alkyl halides is 6. The third kappa shape index (κ3) is 19.0. The molecule has 0 amide bonds. The molecule has 0 saturated carbocycles. The van der Waals surface area contributed by atoms with Crippen LogP contribution >= 0.6 is 0 Å². The smallest absolute Gasteiger partial charge is 0.481 e. The van der Waals surface area contributed by atoms with Crippen LogP contribution < -0.4 is 0 Å². The van der Waals surface area contributed by atoms with Crippen molar-refractivity contribution in [2.45, 2.75) is 62.6 Å². The Kier molecular flexibility index (Phi) is 18.8. The van der Waals surface area contributed by atoms with Gasteiger partial charge in [0.2, 0.25) is 0 Å². The van der Waals surface area contributed by atoms with E-state index in [1.54, 1.807) is 0 Å². The van der Waals surface area contributed by atoms with E-state index < -0.39 is 104 Å². The maximum atomic E-state index is 12.0. The highest BCUT2D eigenvalue weighted by Crippen LogP contribution is 2.26. The monoisotopic (exact) mass is 733 g/mol. The highest BCUT2D eigenvalue weighted by atomic mass is 19.4. The van der Waals surface area contributed by atoms with Gasteiger partial charge < -0.3 is 40.9 Å². The summed E-state index contributed by atoms with van der Waals surface area (Å²) in [7, 11) is 0. The summed E-state index contributed by atoms with van der Waals surface area (Å²) in [5.74, 6) is -13.4. The minimum atomic E-state index is -5.08. The summed E-state index contributed by atoms with van der Waals surface area (Å²) < 4.78 is 63.5. The summed E-state index contributed by atoms with van der Waals surface area (Å²) in [5.41, 5.74) is -1.40. The Morgan fingerprint density at radius 3 is 1.04 bits per heavy atom. The maximum Gasteiger partial charge on any atom is 0.490 e. The van der Waals surface area contributed by atoms with E-state index >= 15 is 0 Å². The van der Waals surface area contributed by atoms with Gasteiger partial charge >= 0.3 is 60.1 Å². The van der Waals surface area contributed by atoms with E-state index in [4.69, 9.17) is 30.0 Å². The van der Waals surface area contributed by atoms with Crippen LogP contribution in [0.15, 0.2) is 0 Å². The molecule has 25 heteroatoms. The van der Waals surface area contributed by atoms with E-state index in [1.165, 1.54) is 16.7 Å². The minimum Gasteiger partial charge on any atom is -0.481 e. The SMILES string of the molecule is CC1(N(CC(=O)O)CC(=O)O)CN([C@H](CCC(=O)O)C(=O)O)CCN([C@H](CCC(=O)O)C(=O)O)C1.O=C(O)C(F)(F)F.O=C(O)C(F)(F)F. The molecule has 0 spiro atoms. The summed E-state index contributed by atoms with van der Waals surface area (Å²) in [6.07, 6.45) is -11.7. The number of halogens is 6. The highest BCUT2D eigenvalue weighted by molar-refractivity contribution is 5.76. The number of carbonyl (C=O) groups is 8. The maximum absolute atomic E-state index is 12.0. The molecule has 8 N–H and O–H groups in total. The molecule has 0 aromatic heterocycles. The number of carboxylic acid groups (broad SMARTS) is 8. The first-order valence-corrected chi connectivity index (χ1v) is 13.2. The molecule has 0 aromatic rings. The van der Waals surface area contributed by atoms with Gasteiger partial charge in [-0.1, -0.05) is 0 Å². The summed E-state index contributed by atoms with van der Waals surface area (Å²) >= 11 is 0. The number of carboxylic acids is 8. The molecule has 49 heavy (non-hydrogen) atoms. The van der Waals surface area contributed by atoms with Crippen LogP contribution in [0, 0.1) is 0 Å². The molecule has 0 aromatic carbocycles. The first kappa shape index (κ1) is 46.3. The molecule has 0 unspecified atom stereocenters. The van der Waals surface area contributed by atoms with E-state index in [2.05, 4.69) is 0 Å². The zero-order valence-electron chi connectivity index (χ0n) is 25.2. The average molecular weight is 734 g/mol. The van der Waals surface area contributed by atoms with Crippen molar-refractivity contribution in [1.29, 1.82) is 0 Å². The average Bonchev–Trinajstić information content (AvgIpc) is 3.06. The Morgan fingerprint density at radius 1 is 0.592 bits per heavy atom. The standard InChI is InChI=1S/C20H31N3O12.2C2HF3O2/c1-20(23(8-16(28)29)9-17(30)31)10-21(12(18(32)33)2-4-14(24)25)6-7-22(11-20)13(19(34)35)3-5-15(26)27;2*3-2(4,5)1(6)7/h12-13H,2-11H2,1H3,(H,24,25)(H,26,27)(H,28,29)(H,30,31)(H,32,33)(H,34,35);2*(H,6,7)/t12-,13-;;/m1../s1. The molecule has 0 radical (unpaired) electrons. The van der Waals surface area contributed by atoms with E-state index in [9.17, 15) is 75.5 Å². The van der Waals surface area contributed by atoms with Gasteiger partial charge in [0.15, 0.2) is 0 Å². The number of rotatable bonds is 15. The van der Waals surface area contributed by atoms with Gasteiger partial charge in [0.1, 0.15) is 12.1 Å². The van der Waals surface area contributed by atoms with Gasteiger partial charge in [0.05, 0.1) is 13.1 Å². The lowest BCUT2D eigenvalue weighted by Crippen LogP contribution is -2.62. The molecule has 0 aliphatic carbocycles. The topological polar surface area (TPSA) is 308 Å². The second kappa shape index (κ2) is 19.9. The molecule has 1 rings (SSSR count). The first-order chi connectivity index (χ1) is 22.0. The van der Waals surface area contributed by atoms with Gasteiger partial charge in [-0.15, -0.1) is 0 Å². The van der Waals surface area contributed by atoms with Crippen LogP contribution in [0.1, 0.15) is 32.6 Å². The van der Waals surface area contributed by atoms with Crippen LogP contribution in [-0.2, 0) is 38.4 Å². The van der Waals surface area contributed by atoms with Gasteiger partial charge in [-0.05, 0) is 19.8 Å². The molecule has 0 bridgehead atoms. The summed E-state index contributed by atoms with van der Waals surface area (Å²) in [5, 5.41) is 70.4. The summed E-state index contributed by atoms with van der Waals surface area (Å²) in [4.78, 5) is 90.5. The van der Waals surface area contributed by atoms with Gasteiger partial charge in [0.25, 0.3) is 0 Å². The quantitative estimate of drug-likeness (QED) is 0.100. The normalized spacial score (nSPS) is 16.3. The van der Waals surface area contributed by atoms with Gasteiger partial charge in [-0.3, -0.25) is 43.5 Å². The largest absolute Gasteiger partial charge is 0.490 e. The van der Waals surface area contributed by atoms with Crippen LogP contribution in [0.2, 0.25) is 0 Å². The Hall–Kier alpha value is -4.78. The van der Waals surface area contributed by atoms with Crippen LogP contribution in [0.3, 0.4) is 0 Å². The van der Waals surface area contributed by atoms with Crippen molar-refractivity contribution in [2.24, 2.45) is 0 Å². The minimum absolute atomic E-state index is 0.0585. The zero-order valence-corrected chi connectivity index (χ0v) is 25.2. The van der Waals surface area contributed by atoms with Crippen LogP contribution in [-0.4, -0.2) is 173 Å². The van der Waals surface area contributed by atoms with Gasteiger partial charge in [-0.25, -0.2) is 9.59 Å². The lowest BCUT2D eigenvalue weighted by molar-refractivity contribution is -0.193. The van der Waals surface area contributed by atoms with Gasteiger partial charge in [-0.2, -0.15) is 26.3 Å². The van der Waals surface area contributed by atoms with Crippen LogP contribution in [0.25, 0.3) is 0 Å². The van der Waals surface area contributed by atoms with Gasteiger partial charge in [0, 0.05) is 44.6 Å². The fourth-order valence-electron chi connectivity index (χ4n) is 4.28. The van der Waals surface area contributed by atoms with Crippen molar-refractivity contribution in [1.82, 2.24) is 14.7 Å². The van der Waals surface area contributed by atoms with E-state index in [0.717, 1.165) is 4.90 Å². The second-order valence-corrected chi connectivity index (χ2v) is 10.3.